The maximum Gasteiger partial charge on any atom is 0.187 e. The van der Waals surface area contributed by atoms with E-state index in [2.05, 4.69) is 15.4 Å². The number of likely N-dealkylation sites (N-methyl/N-ethyl adjacent to an activating group) is 1. The summed E-state index contributed by atoms with van der Waals surface area (Å²) < 4.78 is 13.3. The Morgan fingerprint density at radius 3 is 2.60 bits per heavy atom. The molecule has 0 atom stereocenters. The topological polar surface area (TPSA) is 67.1 Å². The minimum atomic E-state index is -0.494. The molecule has 1 aromatic heterocycles. The zero-order valence-corrected chi connectivity index (χ0v) is 9.21. The first-order chi connectivity index (χ1) is 7.04. The van der Waals surface area contributed by atoms with Gasteiger partial charge in [-0.15, -0.1) is 0 Å². The minimum Gasteiger partial charge on any atom is -0.309 e. The van der Waals surface area contributed by atoms with E-state index in [1.165, 1.54) is 0 Å². The SMILES string of the molecule is Cc1nc(CCN(C)C)nc(NN)c1F. The molecule has 15 heavy (non-hydrogen) atoms. The van der Waals surface area contributed by atoms with Gasteiger partial charge in [-0.25, -0.2) is 20.2 Å². The molecular formula is C9H16FN5. The number of aryl methyl sites for hydroxylation is 1. The van der Waals surface area contributed by atoms with Gasteiger partial charge in [-0.1, -0.05) is 0 Å². The molecule has 0 aromatic carbocycles. The lowest BCUT2D eigenvalue weighted by Gasteiger charge is -2.10. The zero-order chi connectivity index (χ0) is 11.4. The van der Waals surface area contributed by atoms with Gasteiger partial charge in [-0.2, -0.15) is 0 Å². The Kier molecular flexibility index (Phi) is 3.93. The third-order valence-corrected chi connectivity index (χ3v) is 1.98. The third kappa shape index (κ3) is 3.10. The van der Waals surface area contributed by atoms with E-state index in [1.807, 2.05) is 19.0 Å². The molecule has 0 radical (unpaired) electrons. The molecule has 0 aliphatic rings. The average Bonchev–Trinajstić information content (AvgIpc) is 2.19. The van der Waals surface area contributed by atoms with Crippen LogP contribution in [0, 0.1) is 12.7 Å². The van der Waals surface area contributed by atoms with Gasteiger partial charge in [0.05, 0.1) is 5.69 Å². The molecular weight excluding hydrogens is 197 g/mol. The Morgan fingerprint density at radius 2 is 2.07 bits per heavy atom. The molecule has 3 N–H and O–H groups in total. The Balaban J connectivity index is 2.86. The lowest BCUT2D eigenvalue weighted by Crippen LogP contribution is -2.18. The van der Waals surface area contributed by atoms with Crippen molar-refractivity contribution in [2.24, 2.45) is 5.84 Å². The van der Waals surface area contributed by atoms with E-state index in [0.29, 0.717) is 17.9 Å². The highest BCUT2D eigenvalue weighted by Gasteiger charge is 2.10. The molecule has 1 rings (SSSR count). The maximum atomic E-state index is 13.3. The fraction of sp³-hybridized carbons (Fsp3) is 0.556. The van der Waals surface area contributed by atoms with E-state index in [-0.39, 0.29) is 5.82 Å². The molecule has 0 aliphatic carbocycles. The highest BCUT2D eigenvalue weighted by atomic mass is 19.1. The molecule has 0 amide bonds. The van der Waals surface area contributed by atoms with Crippen LogP contribution in [0.3, 0.4) is 0 Å². The Bertz CT molecular complexity index is 340. The quantitative estimate of drug-likeness (QED) is 0.556. The molecule has 0 fully saturated rings. The van der Waals surface area contributed by atoms with Gasteiger partial charge in [0, 0.05) is 13.0 Å². The summed E-state index contributed by atoms with van der Waals surface area (Å²) in [5, 5.41) is 0. The number of nitrogens with two attached hydrogens (primary N) is 1. The summed E-state index contributed by atoms with van der Waals surface area (Å²) in [5.74, 6) is 5.30. The van der Waals surface area contributed by atoms with Crippen LogP contribution in [-0.4, -0.2) is 35.5 Å². The first-order valence-electron chi connectivity index (χ1n) is 4.69. The predicted molar refractivity (Wildman–Crippen MR) is 56.8 cm³/mol. The second kappa shape index (κ2) is 4.99. The Labute approximate surface area is 88.5 Å². The lowest BCUT2D eigenvalue weighted by atomic mass is 10.3. The smallest absolute Gasteiger partial charge is 0.187 e. The molecule has 0 saturated heterocycles. The van der Waals surface area contributed by atoms with Crippen molar-refractivity contribution in [3.05, 3.63) is 17.3 Å². The number of halogens is 1. The summed E-state index contributed by atoms with van der Waals surface area (Å²) >= 11 is 0. The van der Waals surface area contributed by atoms with Crippen LogP contribution in [0.15, 0.2) is 0 Å². The second-order valence-corrected chi connectivity index (χ2v) is 3.59. The van der Waals surface area contributed by atoms with E-state index in [0.717, 1.165) is 6.54 Å². The highest BCUT2D eigenvalue weighted by Crippen LogP contribution is 2.12. The number of hydrogen-bond donors (Lipinski definition) is 2. The number of aromatic nitrogens is 2. The lowest BCUT2D eigenvalue weighted by molar-refractivity contribution is 0.409. The number of nitrogen functional groups attached to an aromatic ring is 1. The van der Waals surface area contributed by atoms with E-state index < -0.39 is 5.82 Å². The summed E-state index contributed by atoms with van der Waals surface area (Å²) in [5.41, 5.74) is 2.54. The van der Waals surface area contributed by atoms with Crippen LogP contribution in [0.25, 0.3) is 0 Å². The molecule has 84 valence electrons. The monoisotopic (exact) mass is 213 g/mol. The number of anilines is 1. The average molecular weight is 213 g/mol. The van der Waals surface area contributed by atoms with Crippen molar-refractivity contribution in [1.82, 2.24) is 14.9 Å². The molecule has 6 heteroatoms. The number of nitrogens with one attached hydrogen (secondary N) is 1. The fourth-order valence-corrected chi connectivity index (χ4v) is 1.15. The van der Waals surface area contributed by atoms with Crippen LogP contribution >= 0.6 is 0 Å². The van der Waals surface area contributed by atoms with Gasteiger partial charge >= 0.3 is 0 Å². The molecule has 0 spiro atoms. The number of hydrazine groups is 1. The van der Waals surface area contributed by atoms with Gasteiger partial charge in [0.15, 0.2) is 11.6 Å². The van der Waals surface area contributed by atoms with Crippen molar-refractivity contribution in [2.75, 3.05) is 26.1 Å². The first-order valence-corrected chi connectivity index (χ1v) is 4.69. The van der Waals surface area contributed by atoms with Gasteiger partial charge in [0.2, 0.25) is 0 Å². The summed E-state index contributed by atoms with van der Waals surface area (Å²) in [6.45, 7) is 2.41. The van der Waals surface area contributed by atoms with Crippen LogP contribution in [0.5, 0.6) is 0 Å². The summed E-state index contributed by atoms with van der Waals surface area (Å²) in [7, 11) is 3.91. The van der Waals surface area contributed by atoms with Crippen LogP contribution in [-0.2, 0) is 6.42 Å². The van der Waals surface area contributed by atoms with Crippen molar-refractivity contribution in [1.29, 1.82) is 0 Å². The fourth-order valence-electron chi connectivity index (χ4n) is 1.15. The van der Waals surface area contributed by atoms with Gasteiger partial charge in [-0.05, 0) is 21.0 Å². The van der Waals surface area contributed by atoms with E-state index in [4.69, 9.17) is 5.84 Å². The Hall–Kier alpha value is -1.27. The van der Waals surface area contributed by atoms with Gasteiger partial charge in [0.1, 0.15) is 5.82 Å². The Morgan fingerprint density at radius 1 is 1.40 bits per heavy atom. The van der Waals surface area contributed by atoms with E-state index in [1.54, 1.807) is 6.92 Å². The van der Waals surface area contributed by atoms with Crippen LogP contribution < -0.4 is 11.3 Å². The molecule has 0 aliphatic heterocycles. The van der Waals surface area contributed by atoms with Crippen molar-refractivity contribution < 1.29 is 4.39 Å². The summed E-state index contributed by atoms with van der Waals surface area (Å²) in [6.07, 6.45) is 0.669. The molecule has 0 bridgehead atoms. The van der Waals surface area contributed by atoms with Crippen molar-refractivity contribution in [3.8, 4) is 0 Å². The van der Waals surface area contributed by atoms with Crippen molar-refractivity contribution >= 4 is 5.82 Å². The van der Waals surface area contributed by atoms with E-state index >= 15 is 0 Å². The minimum absolute atomic E-state index is 0.0521. The first kappa shape index (κ1) is 11.8. The second-order valence-electron chi connectivity index (χ2n) is 3.59. The van der Waals surface area contributed by atoms with Crippen LogP contribution in [0.1, 0.15) is 11.5 Å². The number of hydrogen-bond acceptors (Lipinski definition) is 5. The van der Waals surface area contributed by atoms with Gasteiger partial charge < -0.3 is 10.3 Å². The van der Waals surface area contributed by atoms with Crippen LogP contribution in [0.4, 0.5) is 10.2 Å². The molecule has 0 saturated carbocycles. The van der Waals surface area contributed by atoms with Gasteiger partial charge in [0.25, 0.3) is 0 Å². The van der Waals surface area contributed by atoms with E-state index in [9.17, 15) is 4.39 Å². The molecule has 5 nitrogen and oxygen atoms in total. The number of nitrogens with zero attached hydrogens (tertiary/aromatic N) is 3. The molecule has 1 aromatic rings. The van der Waals surface area contributed by atoms with Gasteiger partial charge in [-0.3, -0.25) is 0 Å². The zero-order valence-electron chi connectivity index (χ0n) is 9.21. The summed E-state index contributed by atoms with van der Waals surface area (Å²) in [6, 6.07) is 0. The maximum absolute atomic E-state index is 13.3. The third-order valence-electron chi connectivity index (χ3n) is 1.98. The van der Waals surface area contributed by atoms with Crippen LogP contribution in [0.2, 0.25) is 0 Å². The normalized spacial score (nSPS) is 10.8. The number of rotatable bonds is 4. The summed E-state index contributed by atoms with van der Waals surface area (Å²) in [4.78, 5) is 10.0. The van der Waals surface area contributed by atoms with Crippen molar-refractivity contribution in [3.63, 3.8) is 0 Å². The molecule has 1 heterocycles. The highest BCUT2D eigenvalue weighted by molar-refractivity contribution is 5.36. The standard InChI is InChI=1S/C9H16FN5/c1-6-8(10)9(14-11)13-7(12-6)4-5-15(2)3/h4-5,11H2,1-3H3,(H,12,13,14). The van der Waals surface area contributed by atoms with Crippen molar-refractivity contribution in [2.45, 2.75) is 13.3 Å². The predicted octanol–water partition coefficient (Wildman–Crippen LogP) is 0.314. The molecule has 0 unspecified atom stereocenters. The largest absolute Gasteiger partial charge is 0.309 e.